The molecule has 8 heteroatoms. The molecular weight excluding hydrogens is 392 g/mol. The molecule has 1 aromatic carbocycles. The minimum Gasteiger partial charge on any atom is -0.368 e. The molecule has 1 aliphatic heterocycles. The Labute approximate surface area is 178 Å². The lowest BCUT2D eigenvalue weighted by molar-refractivity contribution is -0.133. The first kappa shape index (κ1) is 23.0. The second kappa shape index (κ2) is 11.7. The average Bonchev–Trinajstić information content (AvgIpc) is 2.73. The first-order valence-corrected chi connectivity index (χ1v) is 10.6. The largest absolute Gasteiger partial charge is 0.368 e. The first-order valence-electron chi connectivity index (χ1n) is 10.3. The van der Waals surface area contributed by atoms with Crippen molar-refractivity contribution in [1.29, 1.82) is 0 Å². The van der Waals surface area contributed by atoms with E-state index in [0.29, 0.717) is 44.0 Å². The summed E-state index contributed by atoms with van der Waals surface area (Å²) < 4.78 is 0. The van der Waals surface area contributed by atoms with Crippen molar-refractivity contribution in [2.45, 2.75) is 33.1 Å². The number of nitrogens with zero attached hydrogens (tertiary/aromatic N) is 3. The molecule has 1 aromatic rings. The molecule has 0 radical (unpaired) electrons. The van der Waals surface area contributed by atoms with Crippen molar-refractivity contribution in [2.75, 3.05) is 50.7 Å². The molecule has 0 saturated carbocycles. The van der Waals surface area contributed by atoms with Crippen LogP contribution in [0.4, 0.5) is 5.69 Å². The minimum absolute atomic E-state index is 0.0000100. The van der Waals surface area contributed by atoms with Crippen LogP contribution < -0.4 is 10.2 Å². The van der Waals surface area contributed by atoms with Gasteiger partial charge >= 0.3 is 0 Å². The van der Waals surface area contributed by atoms with Crippen molar-refractivity contribution in [3.05, 3.63) is 29.3 Å². The third-order valence-corrected chi connectivity index (χ3v) is 5.39. The molecule has 3 amide bonds. The van der Waals surface area contributed by atoms with Gasteiger partial charge in [-0.3, -0.25) is 14.4 Å². The molecule has 7 nitrogen and oxygen atoms in total. The fourth-order valence-electron chi connectivity index (χ4n) is 3.40. The zero-order valence-electron chi connectivity index (χ0n) is 17.3. The van der Waals surface area contributed by atoms with E-state index in [-0.39, 0.29) is 30.7 Å². The summed E-state index contributed by atoms with van der Waals surface area (Å²) >= 11 is 6.05. The van der Waals surface area contributed by atoms with E-state index in [2.05, 4.69) is 10.2 Å². The Hall–Kier alpha value is -2.28. The van der Waals surface area contributed by atoms with Gasteiger partial charge in [-0.1, -0.05) is 17.7 Å². The van der Waals surface area contributed by atoms with E-state index in [0.717, 1.165) is 18.8 Å². The lowest BCUT2D eigenvalue weighted by atomic mass is 10.2. The highest BCUT2D eigenvalue weighted by atomic mass is 35.5. The van der Waals surface area contributed by atoms with Crippen LogP contribution in [0.1, 0.15) is 33.1 Å². The molecule has 160 valence electrons. The lowest BCUT2D eigenvalue weighted by Crippen LogP contribution is -2.51. The standard InChI is InChI=1S/C21H31ClN4O3/c1-3-24(4-2)20(28)10-6-9-19(27)23-16-21(29)26-13-11-25(12-14-26)18-8-5-7-17(22)15-18/h5,7-8,15H,3-4,6,9-14,16H2,1-2H3,(H,23,27). The summed E-state index contributed by atoms with van der Waals surface area (Å²) in [6, 6.07) is 7.69. The number of carbonyl (C=O) groups excluding carboxylic acids is 3. The number of piperazine rings is 1. The number of rotatable bonds is 9. The topological polar surface area (TPSA) is 73.0 Å². The molecule has 1 N–H and O–H groups in total. The summed E-state index contributed by atoms with van der Waals surface area (Å²) in [7, 11) is 0. The fraction of sp³-hybridized carbons (Fsp3) is 0.571. The molecule has 0 spiro atoms. The summed E-state index contributed by atoms with van der Waals surface area (Å²) in [6.07, 6.45) is 1.10. The van der Waals surface area contributed by atoms with Gasteiger partial charge in [0.05, 0.1) is 6.54 Å². The van der Waals surface area contributed by atoms with Gasteiger partial charge in [-0.05, 0) is 38.5 Å². The van der Waals surface area contributed by atoms with Crippen LogP contribution in [0.5, 0.6) is 0 Å². The number of amides is 3. The molecule has 1 fully saturated rings. The Morgan fingerprint density at radius 3 is 2.38 bits per heavy atom. The Morgan fingerprint density at radius 1 is 1.07 bits per heavy atom. The van der Waals surface area contributed by atoms with Gasteiger partial charge in [-0.15, -0.1) is 0 Å². The van der Waals surface area contributed by atoms with Crippen LogP contribution in [-0.2, 0) is 14.4 Å². The highest BCUT2D eigenvalue weighted by Crippen LogP contribution is 2.20. The van der Waals surface area contributed by atoms with Gasteiger partial charge in [-0.2, -0.15) is 0 Å². The Morgan fingerprint density at radius 2 is 1.76 bits per heavy atom. The SMILES string of the molecule is CCN(CC)C(=O)CCCC(=O)NCC(=O)N1CCN(c2cccc(Cl)c2)CC1. The summed E-state index contributed by atoms with van der Waals surface area (Å²) in [4.78, 5) is 42.0. The zero-order valence-corrected chi connectivity index (χ0v) is 18.1. The number of carbonyl (C=O) groups is 3. The average molecular weight is 423 g/mol. The van der Waals surface area contributed by atoms with E-state index in [1.807, 2.05) is 38.1 Å². The van der Waals surface area contributed by atoms with E-state index in [4.69, 9.17) is 11.6 Å². The molecule has 2 rings (SSSR count). The van der Waals surface area contributed by atoms with Crippen LogP contribution in [-0.4, -0.2) is 73.3 Å². The van der Waals surface area contributed by atoms with Gasteiger partial charge in [0.15, 0.2) is 0 Å². The van der Waals surface area contributed by atoms with Crippen LogP contribution in [0.3, 0.4) is 0 Å². The number of halogens is 1. The van der Waals surface area contributed by atoms with Crippen LogP contribution in [0.2, 0.25) is 5.02 Å². The predicted octanol–water partition coefficient (Wildman–Crippen LogP) is 2.14. The van der Waals surface area contributed by atoms with E-state index < -0.39 is 0 Å². The van der Waals surface area contributed by atoms with E-state index in [1.54, 1.807) is 9.80 Å². The van der Waals surface area contributed by atoms with Crippen molar-refractivity contribution in [2.24, 2.45) is 0 Å². The van der Waals surface area contributed by atoms with Crippen molar-refractivity contribution in [3.8, 4) is 0 Å². The Bertz CT molecular complexity index is 701. The Balaban J connectivity index is 1.65. The summed E-state index contributed by atoms with van der Waals surface area (Å²) in [5.41, 5.74) is 1.05. The van der Waals surface area contributed by atoms with Gasteiger partial charge in [0.25, 0.3) is 0 Å². The van der Waals surface area contributed by atoms with Crippen molar-refractivity contribution in [1.82, 2.24) is 15.1 Å². The maximum absolute atomic E-state index is 12.4. The van der Waals surface area contributed by atoms with Gasteiger partial charge in [0, 0.05) is 62.8 Å². The van der Waals surface area contributed by atoms with Crippen molar-refractivity contribution >= 4 is 35.0 Å². The maximum Gasteiger partial charge on any atom is 0.242 e. The normalized spacial score (nSPS) is 13.9. The quantitative estimate of drug-likeness (QED) is 0.661. The molecule has 0 bridgehead atoms. The molecular formula is C21H31ClN4O3. The molecule has 0 unspecified atom stereocenters. The molecule has 0 aromatic heterocycles. The number of benzene rings is 1. The highest BCUT2D eigenvalue weighted by Gasteiger charge is 2.21. The second-order valence-electron chi connectivity index (χ2n) is 7.04. The summed E-state index contributed by atoms with van der Waals surface area (Å²) in [5.74, 6) is -0.206. The summed E-state index contributed by atoms with van der Waals surface area (Å²) in [5, 5.41) is 3.37. The highest BCUT2D eigenvalue weighted by molar-refractivity contribution is 6.30. The van der Waals surface area contributed by atoms with E-state index >= 15 is 0 Å². The fourth-order valence-corrected chi connectivity index (χ4v) is 3.58. The number of nitrogens with one attached hydrogen (secondary N) is 1. The van der Waals surface area contributed by atoms with Gasteiger partial charge < -0.3 is 20.0 Å². The van der Waals surface area contributed by atoms with Crippen molar-refractivity contribution < 1.29 is 14.4 Å². The Kier molecular flexibility index (Phi) is 9.25. The number of hydrogen-bond donors (Lipinski definition) is 1. The number of hydrogen-bond acceptors (Lipinski definition) is 4. The minimum atomic E-state index is -0.191. The molecule has 1 saturated heterocycles. The molecule has 0 atom stereocenters. The summed E-state index contributed by atoms with van der Waals surface area (Å²) in [6.45, 7) is 7.92. The zero-order chi connectivity index (χ0) is 21.2. The number of anilines is 1. The first-order chi connectivity index (χ1) is 13.9. The molecule has 1 aliphatic rings. The smallest absolute Gasteiger partial charge is 0.242 e. The molecule has 1 heterocycles. The maximum atomic E-state index is 12.4. The van der Waals surface area contributed by atoms with E-state index in [1.165, 1.54) is 0 Å². The van der Waals surface area contributed by atoms with Crippen LogP contribution >= 0.6 is 11.6 Å². The van der Waals surface area contributed by atoms with Crippen LogP contribution in [0, 0.1) is 0 Å². The van der Waals surface area contributed by atoms with Crippen LogP contribution in [0.25, 0.3) is 0 Å². The second-order valence-corrected chi connectivity index (χ2v) is 7.48. The van der Waals surface area contributed by atoms with E-state index in [9.17, 15) is 14.4 Å². The third kappa shape index (κ3) is 7.24. The monoisotopic (exact) mass is 422 g/mol. The predicted molar refractivity (Wildman–Crippen MR) is 115 cm³/mol. The van der Waals surface area contributed by atoms with Gasteiger partial charge in [0.2, 0.25) is 17.7 Å². The van der Waals surface area contributed by atoms with Crippen LogP contribution in [0.15, 0.2) is 24.3 Å². The van der Waals surface area contributed by atoms with Gasteiger partial charge in [0.1, 0.15) is 0 Å². The van der Waals surface area contributed by atoms with Gasteiger partial charge in [-0.25, -0.2) is 0 Å². The lowest BCUT2D eigenvalue weighted by Gasteiger charge is -2.36. The molecule has 29 heavy (non-hydrogen) atoms. The third-order valence-electron chi connectivity index (χ3n) is 5.15. The van der Waals surface area contributed by atoms with Crippen molar-refractivity contribution in [3.63, 3.8) is 0 Å². The molecule has 0 aliphatic carbocycles.